The van der Waals surface area contributed by atoms with Crippen molar-refractivity contribution in [2.24, 2.45) is 5.11 Å². The Labute approximate surface area is 463 Å². The highest BCUT2D eigenvalue weighted by atomic mass is 16.7. The first kappa shape index (κ1) is 70.7. The van der Waals surface area contributed by atoms with Gasteiger partial charge in [-0.1, -0.05) is 258 Å². The van der Waals surface area contributed by atoms with Gasteiger partial charge < -0.3 is 18.9 Å². The van der Waals surface area contributed by atoms with Gasteiger partial charge in [0.2, 0.25) is 5.79 Å². The molecule has 0 radical (unpaired) electrons. The third kappa shape index (κ3) is 41.4. The first-order valence-corrected chi connectivity index (χ1v) is 32.8. The van der Waals surface area contributed by atoms with E-state index in [1.54, 1.807) is 0 Å². The maximum Gasteiger partial charge on any atom is 0.323 e. The molecule has 0 aromatic carbocycles. The summed E-state index contributed by atoms with van der Waals surface area (Å²) in [6, 6.07) is -0.679. The number of unbranched alkanes of at least 4 members (excludes halogenated alkanes) is 34. The van der Waals surface area contributed by atoms with Gasteiger partial charge in [0.15, 0.2) is 0 Å². The van der Waals surface area contributed by atoms with Crippen LogP contribution in [0.15, 0.2) is 5.11 Å². The van der Waals surface area contributed by atoms with Gasteiger partial charge in [-0.3, -0.25) is 19.3 Å². The van der Waals surface area contributed by atoms with E-state index < -0.39 is 11.8 Å². The molecule has 440 valence electrons. The number of likely N-dealkylation sites (tertiary alicyclic amines) is 1. The van der Waals surface area contributed by atoms with Crippen molar-refractivity contribution in [2.75, 3.05) is 26.3 Å². The van der Waals surface area contributed by atoms with Gasteiger partial charge in [0.05, 0.1) is 25.4 Å². The molecule has 75 heavy (non-hydrogen) atoms. The van der Waals surface area contributed by atoms with Crippen LogP contribution in [0, 0.1) is 0 Å². The summed E-state index contributed by atoms with van der Waals surface area (Å²) in [6.07, 6.45) is 52.7. The zero-order chi connectivity index (χ0) is 54.6. The third-order valence-corrected chi connectivity index (χ3v) is 15.7. The monoisotopic (exact) mass is 1060 g/mol. The topological polar surface area (TPSA) is 140 Å². The molecule has 1 aliphatic heterocycles. The van der Waals surface area contributed by atoms with Gasteiger partial charge in [-0.25, -0.2) is 0 Å². The molecule has 0 aliphatic carbocycles. The lowest BCUT2D eigenvalue weighted by atomic mass is 9.97. The van der Waals surface area contributed by atoms with E-state index in [2.05, 4.69) is 49.5 Å². The summed E-state index contributed by atoms with van der Waals surface area (Å²) in [7, 11) is 0. The van der Waals surface area contributed by atoms with Crippen LogP contribution in [-0.4, -0.2) is 73.1 Å². The molecule has 0 spiro atoms. The molecule has 0 bridgehead atoms. The Kier molecular flexibility index (Phi) is 49.3. The number of carbonyl (C=O) groups is 3. The molecule has 1 fully saturated rings. The minimum atomic E-state index is -0.844. The van der Waals surface area contributed by atoms with E-state index in [1.165, 1.54) is 173 Å². The molecule has 11 nitrogen and oxygen atoms in total. The van der Waals surface area contributed by atoms with E-state index >= 15 is 0 Å². The predicted molar refractivity (Wildman–Crippen MR) is 314 cm³/mol. The fourth-order valence-electron chi connectivity index (χ4n) is 11.0. The number of hydrogen-bond acceptors (Lipinski definition) is 9. The fraction of sp³-hybridized carbons (Fsp3) is 0.953. The quantitative estimate of drug-likeness (QED) is 0.0112. The van der Waals surface area contributed by atoms with Crippen LogP contribution in [0.2, 0.25) is 0 Å². The standard InChI is InChI=1S/C64H122N4O7/c1-6-11-16-21-26-27-28-35-45-54-72-61(69)49-41-37-44-53-68-57-58(66-67-65)56-60(68)63(71)73-55-46-36-29-32-40-50-62(70)75-64(51-42-33-24-19-14-9-4,52-43-34-25-20-15-10-5)74-59(47-38-30-22-17-12-7-2)48-39-31-23-18-13-8-3/h58-60H,6-57H2,1-5H3/t58-,60-/m0/s1. The van der Waals surface area contributed by atoms with Crippen LogP contribution in [0.3, 0.4) is 0 Å². The van der Waals surface area contributed by atoms with Gasteiger partial charge in [-0.05, 0) is 76.3 Å². The maximum absolute atomic E-state index is 13.9. The van der Waals surface area contributed by atoms with Crippen molar-refractivity contribution in [3.05, 3.63) is 10.4 Å². The molecule has 0 unspecified atom stereocenters. The number of azide groups is 1. The Morgan fingerprint density at radius 2 is 0.880 bits per heavy atom. The molecular formula is C64H122N4O7. The molecule has 0 aromatic rings. The van der Waals surface area contributed by atoms with Gasteiger partial charge in [0.25, 0.3) is 0 Å². The predicted octanol–water partition coefficient (Wildman–Crippen LogP) is 19.9. The van der Waals surface area contributed by atoms with Gasteiger partial charge >= 0.3 is 17.9 Å². The number of rotatable bonds is 57. The van der Waals surface area contributed by atoms with Crippen molar-refractivity contribution < 1.29 is 33.3 Å². The van der Waals surface area contributed by atoms with E-state index in [0.29, 0.717) is 45.6 Å². The van der Waals surface area contributed by atoms with Crippen molar-refractivity contribution in [1.82, 2.24) is 4.90 Å². The van der Waals surface area contributed by atoms with Crippen LogP contribution in [0.25, 0.3) is 10.4 Å². The fourth-order valence-corrected chi connectivity index (χ4v) is 11.0. The summed E-state index contributed by atoms with van der Waals surface area (Å²) in [5.41, 5.74) is 9.14. The Hall–Kier alpha value is -2.36. The maximum atomic E-state index is 13.9. The minimum absolute atomic E-state index is 0.110. The Morgan fingerprint density at radius 1 is 0.493 bits per heavy atom. The highest BCUT2D eigenvalue weighted by Crippen LogP contribution is 2.34. The summed E-state index contributed by atoms with van der Waals surface area (Å²) < 4.78 is 25.3. The molecule has 0 N–H and O–H groups in total. The summed E-state index contributed by atoms with van der Waals surface area (Å²) in [6.45, 7) is 13.4. The lowest BCUT2D eigenvalue weighted by molar-refractivity contribution is -0.259. The zero-order valence-corrected chi connectivity index (χ0v) is 50.1. The van der Waals surface area contributed by atoms with Crippen molar-refractivity contribution >= 4 is 17.9 Å². The minimum Gasteiger partial charge on any atom is -0.466 e. The van der Waals surface area contributed by atoms with E-state index in [-0.39, 0.29) is 30.1 Å². The molecular weight excluding hydrogens is 937 g/mol. The second kappa shape index (κ2) is 52.3. The largest absolute Gasteiger partial charge is 0.466 e. The van der Waals surface area contributed by atoms with Crippen molar-refractivity contribution in [3.8, 4) is 0 Å². The van der Waals surface area contributed by atoms with E-state index in [4.69, 9.17) is 24.5 Å². The third-order valence-electron chi connectivity index (χ3n) is 15.7. The average molecular weight is 1060 g/mol. The molecule has 11 heteroatoms. The van der Waals surface area contributed by atoms with E-state index in [1.807, 2.05) is 0 Å². The average Bonchev–Trinajstić information content (AvgIpc) is 3.81. The lowest BCUT2D eigenvalue weighted by Crippen LogP contribution is -2.42. The molecule has 1 saturated heterocycles. The summed E-state index contributed by atoms with van der Waals surface area (Å²) in [4.78, 5) is 44.7. The number of carbonyl (C=O) groups excluding carboxylic acids is 3. The zero-order valence-electron chi connectivity index (χ0n) is 50.1. The Morgan fingerprint density at radius 3 is 1.35 bits per heavy atom. The van der Waals surface area contributed by atoms with Gasteiger partial charge in [0.1, 0.15) is 6.04 Å². The second-order valence-electron chi connectivity index (χ2n) is 22.9. The summed E-state index contributed by atoms with van der Waals surface area (Å²) >= 11 is 0. The van der Waals surface area contributed by atoms with Crippen LogP contribution < -0.4 is 0 Å². The van der Waals surface area contributed by atoms with Crippen molar-refractivity contribution in [2.45, 2.75) is 367 Å². The van der Waals surface area contributed by atoms with E-state index in [9.17, 15) is 14.4 Å². The van der Waals surface area contributed by atoms with Gasteiger partial charge in [0, 0.05) is 37.1 Å². The highest BCUT2D eigenvalue weighted by Gasteiger charge is 2.38. The molecule has 2 atom stereocenters. The van der Waals surface area contributed by atoms with Crippen LogP contribution in [0.5, 0.6) is 0 Å². The number of nitrogens with zero attached hydrogens (tertiary/aromatic N) is 4. The van der Waals surface area contributed by atoms with Crippen molar-refractivity contribution in [3.63, 3.8) is 0 Å². The summed E-state index contributed by atoms with van der Waals surface area (Å²) in [5, 5.41) is 3.95. The molecule has 0 saturated carbocycles. The molecule has 1 aliphatic rings. The first-order chi connectivity index (χ1) is 36.8. The van der Waals surface area contributed by atoms with Crippen molar-refractivity contribution in [1.29, 1.82) is 0 Å². The molecule has 0 aromatic heterocycles. The molecule has 1 heterocycles. The number of hydrogen-bond donors (Lipinski definition) is 0. The van der Waals surface area contributed by atoms with Gasteiger partial charge in [-0.15, -0.1) is 0 Å². The Bertz CT molecular complexity index is 1330. The normalized spacial score (nSPS) is 14.9. The van der Waals surface area contributed by atoms with Gasteiger partial charge in [-0.2, -0.15) is 0 Å². The molecule has 0 amide bonds. The van der Waals surface area contributed by atoms with Crippen LogP contribution >= 0.6 is 0 Å². The van der Waals surface area contributed by atoms with Crippen LogP contribution in [-0.2, 0) is 33.3 Å². The first-order valence-electron chi connectivity index (χ1n) is 32.8. The van der Waals surface area contributed by atoms with E-state index in [0.717, 1.165) is 116 Å². The van der Waals surface area contributed by atoms with Crippen LogP contribution in [0.4, 0.5) is 0 Å². The lowest BCUT2D eigenvalue weighted by Gasteiger charge is -2.37. The van der Waals surface area contributed by atoms with Crippen LogP contribution in [0.1, 0.15) is 343 Å². The molecule has 1 rings (SSSR count). The SMILES string of the molecule is CCCCCCCCCCCOC(=O)CCCCCN1C[C@@H](N=[N+]=[N-])C[C@H]1C(=O)OCCCCCCCC(=O)OC(CCCCCCCC)(CCCCCCCC)OC(CCCCCCCC)CCCCCCCC. The number of esters is 3. The Balaban J connectivity index is 2.71. The second-order valence-corrected chi connectivity index (χ2v) is 22.9. The smallest absolute Gasteiger partial charge is 0.323 e. The number of ether oxygens (including phenoxy) is 4. The summed E-state index contributed by atoms with van der Waals surface area (Å²) in [5.74, 6) is -1.32. The highest BCUT2D eigenvalue weighted by molar-refractivity contribution is 5.76.